The second-order valence-electron chi connectivity index (χ2n) is 4.09. The molecule has 0 atom stereocenters. The summed E-state index contributed by atoms with van der Waals surface area (Å²) in [4.78, 5) is 12.5. The molecule has 0 unspecified atom stereocenters. The van der Waals surface area contributed by atoms with Crippen LogP contribution in [0.1, 0.15) is 26.4 Å². The molecule has 1 aromatic carbocycles. The van der Waals surface area contributed by atoms with Gasteiger partial charge in [0.15, 0.2) is 0 Å². The maximum Gasteiger partial charge on any atom is 0.417 e. The minimum Gasteiger partial charge on any atom is -0.288 e. The Morgan fingerprint density at radius 1 is 1.30 bits per heavy atom. The molecule has 2 rings (SSSR count). The third kappa shape index (κ3) is 3.07. The topological polar surface area (TPSA) is 17.1 Å². The summed E-state index contributed by atoms with van der Waals surface area (Å²) in [5.74, 6) is -0.469. The summed E-state index contributed by atoms with van der Waals surface area (Å²) >= 11 is 9.76. The van der Waals surface area contributed by atoms with Gasteiger partial charge >= 0.3 is 6.18 Å². The van der Waals surface area contributed by atoms with Gasteiger partial charge in [-0.2, -0.15) is 13.2 Å². The minimum atomic E-state index is -4.52. The summed E-state index contributed by atoms with van der Waals surface area (Å²) in [7, 11) is 0. The van der Waals surface area contributed by atoms with Gasteiger partial charge in [-0.25, -0.2) is 0 Å². The molecule has 0 amide bonds. The average Bonchev–Trinajstić information content (AvgIpc) is 2.68. The van der Waals surface area contributed by atoms with Crippen LogP contribution in [0.4, 0.5) is 13.2 Å². The van der Waals surface area contributed by atoms with Gasteiger partial charge in [0.25, 0.3) is 0 Å². The fourth-order valence-electron chi connectivity index (χ4n) is 1.60. The number of thiophene rings is 1. The fourth-order valence-corrected chi connectivity index (χ4v) is 3.23. The van der Waals surface area contributed by atoms with Crippen molar-refractivity contribution in [2.45, 2.75) is 13.1 Å². The first-order chi connectivity index (χ1) is 9.20. The largest absolute Gasteiger partial charge is 0.417 e. The SMILES string of the molecule is Cc1cc(C(=O)c2ccc(Br)c(C(F)(F)F)c2)sc1Cl. The van der Waals surface area contributed by atoms with Gasteiger partial charge in [-0.1, -0.05) is 27.5 Å². The molecule has 20 heavy (non-hydrogen) atoms. The molecular formula is C13H7BrClF3OS. The van der Waals surface area contributed by atoms with Crippen molar-refractivity contribution in [2.24, 2.45) is 0 Å². The van der Waals surface area contributed by atoms with Gasteiger partial charge in [-0.3, -0.25) is 4.79 Å². The Balaban J connectivity index is 2.46. The first kappa shape index (κ1) is 15.5. The number of alkyl halides is 3. The number of rotatable bonds is 2. The molecule has 1 heterocycles. The molecule has 0 radical (unpaired) electrons. The Bertz CT molecular complexity index is 659. The molecule has 0 saturated carbocycles. The summed E-state index contributed by atoms with van der Waals surface area (Å²) in [6.07, 6.45) is -4.52. The first-order valence-corrected chi connectivity index (χ1v) is 7.36. The molecule has 0 bridgehead atoms. The van der Waals surface area contributed by atoms with Crippen LogP contribution in [0.3, 0.4) is 0 Å². The summed E-state index contributed by atoms with van der Waals surface area (Å²) < 4.78 is 38.8. The standard InChI is InChI=1S/C13H7BrClF3OS/c1-6-4-10(20-12(6)15)11(19)7-2-3-9(14)8(5-7)13(16,17)18/h2-5H,1H3. The van der Waals surface area contributed by atoms with E-state index in [1.165, 1.54) is 12.1 Å². The maximum absolute atomic E-state index is 12.8. The molecule has 1 nitrogen and oxygen atoms in total. The van der Waals surface area contributed by atoms with Gasteiger partial charge in [-0.15, -0.1) is 11.3 Å². The van der Waals surface area contributed by atoms with Crippen LogP contribution in [-0.2, 0) is 6.18 Å². The lowest BCUT2D eigenvalue weighted by atomic mass is 10.1. The molecule has 0 aliphatic heterocycles. The van der Waals surface area contributed by atoms with Crippen molar-refractivity contribution in [3.8, 4) is 0 Å². The summed E-state index contributed by atoms with van der Waals surface area (Å²) in [6.45, 7) is 1.73. The lowest BCUT2D eigenvalue weighted by molar-refractivity contribution is -0.138. The highest BCUT2D eigenvalue weighted by molar-refractivity contribution is 9.10. The molecular weight excluding hydrogens is 377 g/mol. The van der Waals surface area contributed by atoms with Crippen molar-refractivity contribution >= 4 is 44.7 Å². The third-order valence-electron chi connectivity index (χ3n) is 2.61. The Kier molecular flexibility index (Phi) is 4.27. The molecule has 7 heteroatoms. The number of aryl methyl sites for hydroxylation is 1. The third-order valence-corrected chi connectivity index (χ3v) is 4.86. The highest BCUT2D eigenvalue weighted by atomic mass is 79.9. The predicted molar refractivity (Wildman–Crippen MR) is 76.6 cm³/mol. The van der Waals surface area contributed by atoms with Crippen LogP contribution < -0.4 is 0 Å². The van der Waals surface area contributed by atoms with E-state index in [4.69, 9.17) is 11.6 Å². The smallest absolute Gasteiger partial charge is 0.288 e. The van der Waals surface area contributed by atoms with Crippen LogP contribution in [-0.4, -0.2) is 5.78 Å². The second kappa shape index (κ2) is 5.50. The number of hydrogen-bond donors (Lipinski definition) is 0. The molecule has 106 valence electrons. The second-order valence-corrected chi connectivity index (χ2v) is 6.60. The quantitative estimate of drug-likeness (QED) is 0.606. The Morgan fingerprint density at radius 3 is 2.45 bits per heavy atom. The molecule has 2 aromatic rings. The van der Waals surface area contributed by atoms with Crippen molar-refractivity contribution in [2.75, 3.05) is 0 Å². The van der Waals surface area contributed by atoms with Crippen LogP contribution in [0, 0.1) is 6.92 Å². The first-order valence-electron chi connectivity index (χ1n) is 5.37. The van der Waals surface area contributed by atoms with Crippen LogP contribution in [0.25, 0.3) is 0 Å². The van der Waals surface area contributed by atoms with Gasteiger partial charge in [-0.05, 0) is 36.8 Å². The number of halogens is 5. The fraction of sp³-hybridized carbons (Fsp3) is 0.154. The summed E-state index contributed by atoms with van der Waals surface area (Å²) in [6, 6.07) is 4.99. The van der Waals surface area contributed by atoms with Gasteiger partial charge in [0.1, 0.15) is 0 Å². The normalized spacial score (nSPS) is 11.7. The summed E-state index contributed by atoms with van der Waals surface area (Å²) in [5.41, 5.74) is -0.158. The van der Waals surface area contributed by atoms with E-state index in [1.54, 1.807) is 13.0 Å². The van der Waals surface area contributed by atoms with E-state index in [-0.39, 0.29) is 10.0 Å². The number of benzene rings is 1. The maximum atomic E-state index is 12.8. The van der Waals surface area contributed by atoms with Gasteiger partial charge in [0.2, 0.25) is 5.78 Å². The van der Waals surface area contributed by atoms with E-state index in [1.807, 2.05) is 0 Å². The van der Waals surface area contributed by atoms with Gasteiger partial charge in [0, 0.05) is 10.0 Å². The van der Waals surface area contributed by atoms with E-state index in [2.05, 4.69) is 15.9 Å². The van der Waals surface area contributed by atoms with Gasteiger partial charge in [0.05, 0.1) is 14.8 Å². The van der Waals surface area contributed by atoms with Crippen LogP contribution >= 0.6 is 38.9 Å². The molecule has 0 aliphatic rings. The van der Waals surface area contributed by atoms with E-state index in [0.29, 0.717) is 9.21 Å². The molecule has 1 aromatic heterocycles. The van der Waals surface area contributed by atoms with Gasteiger partial charge < -0.3 is 0 Å². The van der Waals surface area contributed by atoms with E-state index >= 15 is 0 Å². The summed E-state index contributed by atoms with van der Waals surface area (Å²) in [5, 5.41) is 0. The van der Waals surface area contributed by atoms with Crippen molar-refractivity contribution < 1.29 is 18.0 Å². The minimum absolute atomic E-state index is 0.0153. The zero-order valence-electron chi connectivity index (χ0n) is 10.0. The molecule has 0 aliphatic carbocycles. The van der Waals surface area contributed by atoms with E-state index in [9.17, 15) is 18.0 Å². The van der Waals surface area contributed by atoms with Crippen molar-refractivity contribution in [3.63, 3.8) is 0 Å². The number of carbonyl (C=O) groups excluding carboxylic acids is 1. The predicted octanol–water partition coefficient (Wildman–Crippen LogP) is 5.72. The van der Waals surface area contributed by atoms with Crippen molar-refractivity contribution in [1.29, 1.82) is 0 Å². The average molecular weight is 384 g/mol. The molecule has 0 saturated heterocycles. The van der Waals surface area contributed by atoms with E-state index in [0.717, 1.165) is 23.0 Å². The van der Waals surface area contributed by atoms with Crippen molar-refractivity contribution in [3.05, 3.63) is 54.6 Å². The highest BCUT2D eigenvalue weighted by Gasteiger charge is 2.33. The lowest BCUT2D eigenvalue weighted by Gasteiger charge is -2.10. The zero-order valence-corrected chi connectivity index (χ0v) is 13.2. The molecule has 0 N–H and O–H groups in total. The lowest BCUT2D eigenvalue weighted by Crippen LogP contribution is -2.08. The zero-order chi connectivity index (χ0) is 15.1. The van der Waals surface area contributed by atoms with Crippen LogP contribution in [0.2, 0.25) is 4.34 Å². The monoisotopic (exact) mass is 382 g/mol. The Hall–Kier alpha value is -0.850. The molecule has 0 spiro atoms. The highest BCUT2D eigenvalue weighted by Crippen LogP contribution is 2.36. The number of hydrogen-bond acceptors (Lipinski definition) is 2. The Morgan fingerprint density at radius 2 is 1.95 bits per heavy atom. The van der Waals surface area contributed by atoms with Crippen LogP contribution in [0.5, 0.6) is 0 Å². The number of carbonyl (C=O) groups is 1. The van der Waals surface area contributed by atoms with Crippen molar-refractivity contribution in [1.82, 2.24) is 0 Å². The molecule has 0 fully saturated rings. The van der Waals surface area contributed by atoms with E-state index < -0.39 is 17.5 Å². The number of ketones is 1. The van der Waals surface area contributed by atoms with Crippen LogP contribution in [0.15, 0.2) is 28.7 Å². The Labute approximate surface area is 130 Å².